The third-order valence-electron chi connectivity index (χ3n) is 2.29. The number of halogens is 1. The number of nitrogens with two attached hydrogens (primary N) is 1. The van der Waals surface area contributed by atoms with Gasteiger partial charge in [-0.05, 0) is 18.6 Å². The molecule has 0 fully saturated rings. The first-order valence-electron chi connectivity index (χ1n) is 4.37. The summed E-state index contributed by atoms with van der Waals surface area (Å²) in [5.41, 5.74) is 8.11. The van der Waals surface area contributed by atoms with E-state index < -0.39 is 0 Å². The molecule has 1 atom stereocenters. The molecular weight excluding hydrogens is 186 g/mol. The van der Waals surface area contributed by atoms with Gasteiger partial charge >= 0.3 is 0 Å². The van der Waals surface area contributed by atoms with Gasteiger partial charge in [-0.2, -0.15) is 0 Å². The molecule has 1 aromatic carbocycles. The van der Waals surface area contributed by atoms with Crippen LogP contribution in [0.2, 0.25) is 5.02 Å². The molecule has 0 bridgehead atoms. The van der Waals surface area contributed by atoms with E-state index in [1.165, 1.54) is 0 Å². The van der Waals surface area contributed by atoms with E-state index in [4.69, 9.17) is 22.1 Å². The Hall–Kier alpha value is -0.730. The van der Waals surface area contributed by atoms with Crippen LogP contribution in [0, 0.1) is 6.92 Å². The topological polar surface area (TPSA) is 35.2 Å². The molecule has 0 radical (unpaired) electrons. The number of fused-ring (bicyclic) bond motifs is 1. The van der Waals surface area contributed by atoms with Crippen molar-refractivity contribution in [3.8, 4) is 5.75 Å². The van der Waals surface area contributed by atoms with Crippen molar-refractivity contribution in [1.29, 1.82) is 0 Å². The summed E-state index contributed by atoms with van der Waals surface area (Å²) in [4.78, 5) is 0. The fourth-order valence-electron chi connectivity index (χ4n) is 1.63. The minimum Gasteiger partial charge on any atom is -0.492 e. The minimum absolute atomic E-state index is 0.0705. The van der Waals surface area contributed by atoms with Crippen LogP contribution in [0.25, 0.3) is 0 Å². The lowest BCUT2D eigenvalue weighted by Crippen LogP contribution is -2.20. The van der Waals surface area contributed by atoms with Crippen LogP contribution in [0.5, 0.6) is 5.75 Å². The standard InChI is InChI=1S/C10H12ClNO/c1-6-4-7-9(12)2-3-13-10(7)8(11)5-6/h4-5,9H,2-3,12H2,1H3. The highest BCUT2D eigenvalue weighted by Crippen LogP contribution is 2.37. The lowest BCUT2D eigenvalue weighted by Gasteiger charge is -2.24. The SMILES string of the molecule is Cc1cc(Cl)c2c(c1)C(N)CCO2. The number of aryl methyl sites for hydroxylation is 1. The molecule has 1 aromatic rings. The number of rotatable bonds is 0. The van der Waals surface area contributed by atoms with Crippen molar-refractivity contribution in [2.24, 2.45) is 5.73 Å². The molecule has 1 unspecified atom stereocenters. The van der Waals surface area contributed by atoms with Gasteiger partial charge in [-0.3, -0.25) is 0 Å². The Bertz CT molecular complexity index is 338. The molecule has 3 heteroatoms. The van der Waals surface area contributed by atoms with Gasteiger partial charge in [-0.15, -0.1) is 0 Å². The molecule has 0 amide bonds. The van der Waals surface area contributed by atoms with E-state index in [-0.39, 0.29) is 6.04 Å². The summed E-state index contributed by atoms with van der Waals surface area (Å²) in [5, 5.41) is 0.671. The van der Waals surface area contributed by atoms with Gasteiger partial charge in [0.1, 0.15) is 5.75 Å². The van der Waals surface area contributed by atoms with Gasteiger partial charge in [0.2, 0.25) is 0 Å². The largest absolute Gasteiger partial charge is 0.492 e. The normalized spacial score (nSPS) is 20.7. The first kappa shape index (κ1) is 8.85. The number of hydrogen-bond donors (Lipinski definition) is 1. The van der Waals surface area contributed by atoms with Crippen LogP contribution in [0.1, 0.15) is 23.6 Å². The Morgan fingerprint density at radius 3 is 3.08 bits per heavy atom. The van der Waals surface area contributed by atoms with Crippen LogP contribution in [0.15, 0.2) is 12.1 Å². The molecule has 2 rings (SSSR count). The van der Waals surface area contributed by atoms with Crippen LogP contribution < -0.4 is 10.5 Å². The average Bonchev–Trinajstić information content (AvgIpc) is 2.07. The zero-order chi connectivity index (χ0) is 9.42. The first-order chi connectivity index (χ1) is 6.18. The Labute approximate surface area is 82.6 Å². The zero-order valence-corrected chi connectivity index (χ0v) is 8.27. The summed E-state index contributed by atoms with van der Waals surface area (Å²) in [7, 11) is 0. The van der Waals surface area contributed by atoms with Gasteiger partial charge in [0.25, 0.3) is 0 Å². The van der Waals surface area contributed by atoms with Gasteiger partial charge in [0, 0.05) is 18.0 Å². The van der Waals surface area contributed by atoms with Crippen molar-refractivity contribution >= 4 is 11.6 Å². The molecule has 0 aliphatic carbocycles. The van der Waals surface area contributed by atoms with Crippen LogP contribution in [0.4, 0.5) is 0 Å². The van der Waals surface area contributed by atoms with Crippen molar-refractivity contribution < 1.29 is 4.74 Å². The predicted molar refractivity (Wildman–Crippen MR) is 53.2 cm³/mol. The van der Waals surface area contributed by atoms with Crippen molar-refractivity contribution in [2.75, 3.05) is 6.61 Å². The summed E-state index contributed by atoms with van der Waals surface area (Å²) < 4.78 is 5.47. The van der Waals surface area contributed by atoms with E-state index >= 15 is 0 Å². The fraction of sp³-hybridized carbons (Fsp3) is 0.400. The highest BCUT2D eigenvalue weighted by atomic mass is 35.5. The Morgan fingerprint density at radius 1 is 1.54 bits per heavy atom. The van der Waals surface area contributed by atoms with Crippen LogP contribution in [-0.4, -0.2) is 6.61 Å². The first-order valence-corrected chi connectivity index (χ1v) is 4.74. The molecule has 0 aromatic heterocycles. The summed E-state index contributed by atoms with van der Waals surface area (Å²) in [6.07, 6.45) is 0.868. The van der Waals surface area contributed by atoms with E-state index in [9.17, 15) is 0 Å². The highest BCUT2D eigenvalue weighted by molar-refractivity contribution is 6.32. The molecule has 1 aliphatic heterocycles. The van der Waals surface area contributed by atoms with Crippen molar-refractivity contribution in [2.45, 2.75) is 19.4 Å². The molecule has 2 N–H and O–H groups in total. The molecule has 0 spiro atoms. The number of benzene rings is 1. The van der Waals surface area contributed by atoms with Crippen LogP contribution in [0.3, 0.4) is 0 Å². The second-order valence-corrected chi connectivity index (χ2v) is 3.82. The maximum Gasteiger partial charge on any atom is 0.142 e. The van der Waals surface area contributed by atoms with Crippen molar-refractivity contribution in [3.05, 3.63) is 28.3 Å². The molecule has 0 saturated heterocycles. The van der Waals surface area contributed by atoms with Crippen molar-refractivity contribution in [1.82, 2.24) is 0 Å². The molecule has 2 nitrogen and oxygen atoms in total. The van der Waals surface area contributed by atoms with E-state index in [0.717, 1.165) is 23.3 Å². The molecule has 0 saturated carbocycles. The van der Waals surface area contributed by atoms with Gasteiger partial charge in [0.05, 0.1) is 11.6 Å². The number of hydrogen-bond acceptors (Lipinski definition) is 2. The summed E-state index contributed by atoms with van der Waals surface area (Å²) in [6, 6.07) is 4.02. The lowest BCUT2D eigenvalue weighted by molar-refractivity contribution is 0.269. The molecule has 1 heterocycles. The Balaban J connectivity index is 2.56. The third kappa shape index (κ3) is 1.52. The summed E-state index contributed by atoms with van der Waals surface area (Å²) in [5.74, 6) is 0.769. The van der Waals surface area contributed by atoms with Gasteiger partial charge in [-0.1, -0.05) is 17.7 Å². The van der Waals surface area contributed by atoms with Gasteiger partial charge in [-0.25, -0.2) is 0 Å². The van der Waals surface area contributed by atoms with E-state index in [1.54, 1.807) is 0 Å². The van der Waals surface area contributed by atoms with Crippen molar-refractivity contribution in [3.63, 3.8) is 0 Å². The van der Waals surface area contributed by atoms with Crippen LogP contribution in [-0.2, 0) is 0 Å². The lowest BCUT2D eigenvalue weighted by atomic mass is 9.99. The van der Waals surface area contributed by atoms with Gasteiger partial charge < -0.3 is 10.5 Å². The van der Waals surface area contributed by atoms with E-state index in [0.29, 0.717) is 11.6 Å². The quantitative estimate of drug-likeness (QED) is 0.694. The van der Waals surface area contributed by atoms with Crippen LogP contribution >= 0.6 is 11.6 Å². The Kier molecular flexibility index (Phi) is 2.18. The molecule has 13 heavy (non-hydrogen) atoms. The average molecular weight is 198 g/mol. The summed E-state index contributed by atoms with van der Waals surface area (Å²) in [6.45, 7) is 2.67. The minimum atomic E-state index is 0.0705. The Morgan fingerprint density at radius 2 is 2.31 bits per heavy atom. The third-order valence-corrected chi connectivity index (χ3v) is 2.57. The molecular formula is C10H12ClNO. The molecule has 70 valence electrons. The van der Waals surface area contributed by atoms with E-state index in [1.807, 2.05) is 19.1 Å². The van der Waals surface area contributed by atoms with E-state index in [2.05, 4.69) is 0 Å². The second kappa shape index (κ2) is 3.20. The highest BCUT2D eigenvalue weighted by Gasteiger charge is 2.20. The molecule has 1 aliphatic rings. The van der Waals surface area contributed by atoms with Gasteiger partial charge in [0.15, 0.2) is 0 Å². The monoisotopic (exact) mass is 197 g/mol. The maximum atomic E-state index is 6.03. The second-order valence-electron chi connectivity index (χ2n) is 3.41. The fourth-order valence-corrected chi connectivity index (χ4v) is 1.96. The summed E-state index contributed by atoms with van der Waals surface area (Å²) >= 11 is 6.03. The maximum absolute atomic E-state index is 6.03. The zero-order valence-electron chi connectivity index (χ0n) is 7.51. The number of ether oxygens (including phenoxy) is 1. The predicted octanol–water partition coefficient (Wildman–Crippen LogP) is 2.43. The smallest absolute Gasteiger partial charge is 0.142 e.